The Balaban J connectivity index is 1.54. The molecule has 0 aromatic carbocycles. The van der Waals surface area contributed by atoms with E-state index in [1.807, 2.05) is 13.0 Å². The first-order valence-electron chi connectivity index (χ1n) is 9.75. The van der Waals surface area contributed by atoms with Crippen molar-refractivity contribution in [2.24, 2.45) is 0 Å². The number of carbonyl (C=O) groups is 1. The van der Waals surface area contributed by atoms with Crippen molar-refractivity contribution in [3.8, 4) is 5.75 Å². The average molecular weight is 404 g/mol. The van der Waals surface area contributed by atoms with Crippen LogP contribution in [0.2, 0.25) is 0 Å². The number of hydrogen-bond acceptors (Lipinski definition) is 6. The fourth-order valence-electron chi connectivity index (χ4n) is 3.68. The molecule has 4 rings (SSSR count). The van der Waals surface area contributed by atoms with E-state index in [-0.39, 0.29) is 12.0 Å². The predicted molar refractivity (Wildman–Crippen MR) is 110 cm³/mol. The average Bonchev–Trinajstić information content (AvgIpc) is 3.39. The second-order valence-corrected chi connectivity index (χ2v) is 9.86. The maximum Gasteiger partial charge on any atom is 0.276 e. The number of thiazole rings is 1. The number of carbonyl (C=O) groups excluding carboxylic acids is 1. The molecule has 144 valence electrons. The zero-order valence-corrected chi connectivity index (χ0v) is 17.2. The topological polar surface area (TPSA) is 64.1 Å². The van der Waals surface area contributed by atoms with E-state index in [1.54, 1.807) is 24.0 Å². The second kappa shape index (κ2) is 8.61. The third kappa shape index (κ3) is 5.02. The van der Waals surface area contributed by atoms with Gasteiger partial charge in [0.05, 0.1) is 6.10 Å². The Hall–Kier alpha value is -1.60. The summed E-state index contributed by atoms with van der Waals surface area (Å²) in [6, 6.07) is 3.78. The zero-order valence-electron chi connectivity index (χ0n) is 15.6. The molecular weight excluding hydrogens is 378 g/mol. The summed E-state index contributed by atoms with van der Waals surface area (Å²) >= 11 is 3.25. The molecule has 1 N–H and O–H groups in total. The minimum absolute atomic E-state index is 0.227. The molecule has 0 aliphatic heterocycles. The summed E-state index contributed by atoms with van der Waals surface area (Å²) in [6.07, 6.45) is 11.6. The van der Waals surface area contributed by atoms with Gasteiger partial charge in [-0.3, -0.25) is 10.1 Å². The molecule has 0 radical (unpaired) electrons. The van der Waals surface area contributed by atoms with Crippen molar-refractivity contribution >= 4 is 34.1 Å². The van der Waals surface area contributed by atoms with Gasteiger partial charge in [-0.1, -0.05) is 12.8 Å². The Morgan fingerprint density at radius 3 is 2.63 bits per heavy atom. The Kier molecular flexibility index (Phi) is 5.98. The molecule has 0 unspecified atom stereocenters. The minimum Gasteiger partial charge on any atom is -0.490 e. The Labute approximate surface area is 168 Å². The first-order valence-corrected chi connectivity index (χ1v) is 11.4. The lowest BCUT2D eigenvalue weighted by atomic mass is 10.3. The SMILES string of the molecule is Cc1cnc(NC(=O)c2cc(OC3CCCC3)cc(SC3CCCC3)n2)s1. The van der Waals surface area contributed by atoms with Gasteiger partial charge >= 0.3 is 0 Å². The van der Waals surface area contributed by atoms with Gasteiger partial charge in [-0.15, -0.1) is 23.1 Å². The molecule has 2 fully saturated rings. The number of ether oxygens (including phenoxy) is 1. The summed E-state index contributed by atoms with van der Waals surface area (Å²) in [5.41, 5.74) is 0.402. The molecule has 2 aromatic heterocycles. The summed E-state index contributed by atoms with van der Waals surface area (Å²) in [4.78, 5) is 22.6. The molecule has 0 spiro atoms. The number of nitrogens with zero attached hydrogens (tertiary/aromatic N) is 2. The van der Waals surface area contributed by atoms with Gasteiger partial charge in [0.25, 0.3) is 5.91 Å². The van der Waals surface area contributed by atoms with Crippen LogP contribution in [0.5, 0.6) is 5.75 Å². The van der Waals surface area contributed by atoms with Crippen molar-refractivity contribution in [2.75, 3.05) is 5.32 Å². The lowest BCUT2D eigenvalue weighted by Gasteiger charge is -2.16. The van der Waals surface area contributed by atoms with Gasteiger partial charge in [-0.25, -0.2) is 9.97 Å². The van der Waals surface area contributed by atoms with Crippen molar-refractivity contribution in [1.29, 1.82) is 0 Å². The first-order chi connectivity index (χ1) is 13.2. The lowest BCUT2D eigenvalue weighted by Crippen LogP contribution is -2.16. The summed E-state index contributed by atoms with van der Waals surface area (Å²) < 4.78 is 6.18. The Morgan fingerprint density at radius 1 is 1.19 bits per heavy atom. The molecule has 2 saturated carbocycles. The largest absolute Gasteiger partial charge is 0.490 e. The number of anilines is 1. The smallest absolute Gasteiger partial charge is 0.276 e. The van der Waals surface area contributed by atoms with Gasteiger partial charge in [0, 0.05) is 28.5 Å². The summed E-state index contributed by atoms with van der Waals surface area (Å²) in [6.45, 7) is 1.97. The van der Waals surface area contributed by atoms with Crippen molar-refractivity contribution in [1.82, 2.24) is 9.97 Å². The van der Waals surface area contributed by atoms with E-state index >= 15 is 0 Å². The van der Waals surface area contributed by atoms with E-state index in [4.69, 9.17) is 4.74 Å². The number of nitrogens with one attached hydrogen (secondary N) is 1. The molecule has 2 aromatic rings. The van der Waals surface area contributed by atoms with Crippen molar-refractivity contribution in [2.45, 2.75) is 74.7 Å². The second-order valence-electron chi connectivity index (χ2n) is 7.31. The maximum atomic E-state index is 12.7. The normalized spacial score (nSPS) is 18.1. The summed E-state index contributed by atoms with van der Waals surface area (Å²) in [5, 5.41) is 4.95. The number of pyridine rings is 1. The van der Waals surface area contributed by atoms with E-state index in [2.05, 4.69) is 15.3 Å². The fraction of sp³-hybridized carbons (Fsp3) is 0.550. The van der Waals surface area contributed by atoms with Crippen molar-refractivity contribution < 1.29 is 9.53 Å². The molecule has 0 atom stereocenters. The van der Waals surface area contributed by atoms with E-state index in [0.717, 1.165) is 28.5 Å². The molecule has 1 amide bonds. The number of amides is 1. The molecule has 5 nitrogen and oxygen atoms in total. The number of aromatic nitrogens is 2. The lowest BCUT2D eigenvalue weighted by molar-refractivity contribution is 0.102. The first kappa shape index (κ1) is 18.7. The van der Waals surface area contributed by atoms with Crippen LogP contribution in [0.15, 0.2) is 23.4 Å². The Bertz CT molecular complexity index is 760. The van der Waals surface area contributed by atoms with Gasteiger partial charge in [0.15, 0.2) is 5.13 Å². The molecule has 0 saturated heterocycles. The molecule has 2 heterocycles. The quantitative estimate of drug-likeness (QED) is 0.694. The molecule has 2 aliphatic carbocycles. The molecule has 27 heavy (non-hydrogen) atoms. The van der Waals surface area contributed by atoms with Crippen molar-refractivity contribution in [3.63, 3.8) is 0 Å². The van der Waals surface area contributed by atoms with Crippen LogP contribution in [0.25, 0.3) is 0 Å². The number of rotatable bonds is 6. The molecule has 7 heteroatoms. The van der Waals surface area contributed by atoms with Crippen LogP contribution in [0.3, 0.4) is 0 Å². The third-order valence-corrected chi connectivity index (χ3v) is 7.13. The van der Waals surface area contributed by atoms with E-state index in [1.165, 1.54) is 49.9 Å². The van der Waals surface area contributed by atoms with Gasteiger partial charge < -0.3 is 4.74 Å². The monoisotopic (exact) mass is 403 g/mol. The van der Waals surface area contributed by atoms with E-state index < -0.39 is 0 Å². The predicted octanol–water partition coefficient (Wildman–Crippen LogP) is 5.45. The van der Waals surface area contributed by atoms with E-state index in [9.17, 15) is 4.79 Å². The highest BCUT2D eigenvalue weighted by atomic mass is 32.2. The van der Waals surface area contributed by atoms with Gasteiger partial charge in [-0.2, -0.15) is 0 Å². The number of aryl methyl sites for hydroxylation is 1. The standard InChI is InChI=1S/C20H25N3O2S2/c1-13-12-21-20(26-13)23-19(24)17-10-15(25-14-6-2-3-7-14)11-18(22-17)27-16-8-4-5-9-16/h10-12,14,16H,2-9H2,1H3,(H,21,23,24). The Morgan fingerprint density at radius 2 is 1.93 bits per heavy atom. The summed E-state index contributed by atoms with van der Waals surface area (Å²) in [7, 11) is 0. The van der Waals surface area contributed by atoms with Crippen LogP contribution >= 0.6 is 23.1 Å². The van der Waals surface area contributed by atoms with E-state index in [0.29, 0.717) is 16.1 Å². The highest BCUT2D eigenvalue weighted by molar-refractivity contribution is 7.99. The zero-order chi connectivity index (χ0) is 18.6. The summed E-state index contributed by atoms with van der Waals surface area (Å²) in [5.74, 6) is 0.535. The molecule has 2 aliphatic rings. The molecular formula is C20H25N3O2S2. The maximum absolute atomic E-state index is 12.7. The van der Waals surface area contributed by atoms with Crippen LogP contribution in [0.1, 0.15) is 66.7 Å². The van der Waals surface area contributed by atoms with Crippen LogP contribution in [-0.2, 0) is 0 Å². The number of hydrogen-bond donors (Lipinski definition) is 1. The van der Waals surface area contributed by atoms with Crippen LogP contribution in [0, 0.1) is 6.92 Å². The van der Waals surface area contributed by atoms with Gasteiger partial charge in [0.2, 0.25) is 0 Å². The third-order valence-electron chi connectivity index (χ3n) is 5.04. The van der Waals surface area contributed by atoms with Crippen molar-refractivity contribution in [3.05, 3.63) is 28.9 Å². The fourth-order valence-corrected chi connectivity index (χ4v) is 5.58. The van der Waals surface area contributed by atoms with Crippen LogP contribution in [-0.4, -0.2) is 27.2 Å². The molecule has 0 bridgehead atoms. The van der Waals surface area contributed by atoms with Gasteiger partial charge in [0.1, 0.15) is 16.5 Å². The van der Waals surface area contributed by atoms with Crippen LogP contribution in [0.4, 0.5) is 5.13 Å². The number of thioether (sulfide) groups is 1. The highest BCUT2D eigenvalue weighted by Crippen LogP contribution is 2.36. The highest BCUT2D eigenvalue weighted by Gasteiger charge is 2.21. The van der Waals surface area contributed by atoms with Gasteiger partial charge in [-0.05, 0) is 45.4 Å². The minimum atomic E-state index is -0.227. The van der Waals surface area contributed by atoms with Crippen LogP contribution < -0.4 is 10.1 Å².